The summed E-state index contributed by atoms with van der Waals surface area (Å²) in [7, 11) is 0. The lowest BCUT2D eigenvalue weighted by Gasteiger charge is -2.39. The van der Waals surface area contributed by atoms with Crippen molar-refractivity contribution >= 4 is 6.03 Å². The van der Waals surface area contributed by atoms with Gasteiger partial charge in [-0.15, -0.1) is 0 Å². The number of nitrogens with zero attached hydrogens (tertiary/aromatic N) is 3. The van der Waals surface area contributed by atoms with Crippen LogP contribution in [0, 0.1) is 13.8 Å². The summed E-state index contributed by atoms with van der Waals surface area (Å²) in [5, 5.41) is 9.71. The Balaban J connectivity index is 1.85. The number of nitrogens with one attached hydrogen (secondary N) is 2. The van der Waals surface area contributed by atoms with Crippen molar-refractivity contribution in [3.8, 4) is 0 Å². The molecular formula is C14H22F3N5O. The molecule has 1 saturated heterocycles. The number of piperazine rings is 1. The molecule has 0 radical (unpaired) electrons. The summed E-state index contributed by atoms with van der Waals surface area (Å²) >= 11 is 0. The number of hydrogen-bond donors (Lipinski definition) is 2. The third kappa shape index (κ3) is 4.60. The maximum atomic E-state index is 12.5. The molecule has 0 spiro atoms. The maximum Gasteiger partial charge on any atom is 0.401 e. The molecule has 1 aromatic rings. The van der Waals surface area contributed by atoms with Crippen LogP contribution in [0.4, 0.5) is 18.0 Å². The molecule has 1 aliphatic rings. The van der Waals surface area contributed by atoms with Gasteiger partial charge in [0.05, 0.1) is 12.2 Å². The zero-order chi connectivity index (χ0) is 17.2. The van der Waals surface area contributed by atoms with Crippen molar-refractivity contribution in [3.63, 3.8) is 0 Å². The van der Waals surface area contributed by atoms with Gasteiger partial charge in [0, 0.05) is 43.5 Å². The maximum absolute atomic E-state index is 12.5. The fourth-order valence-electron chi connectivity index (χ4n) is 2.76. The van der Waals surface area contributed by atoms with Gasteiger partial charge in [-0.1, -0.05) is 0 Å². The summed E-state index contributed by atoms with van der Waals surface area (Å²) in [6.45, 7) is 5.64. The van der Waals surface area contributed by atoms with E-state index in [0.29, 0.717) is 6.54 Å². The number of carbonyl (C=O) groups is 1. The van der Waals surface area contributed by atoms with Gasteiger partial charge in [0.1, 0.15) is 0 Å². The molecule has 1 unspecified atom stereocenters. The van der Waals surface area contributed by atoms with Gasteiger partial charge in [-0.25, -0.2) is 4.79 Å². The Morgan fingerprint density at radius 3 is 2.61 bits per heavy atom. The smallest absolute Gasteiger partial charge is 0.334 e. The summed E-state index contributed by atoms with van der Waals surface area (Å²) in [6, 6.07) is -0.586. The molecule has 6 nitrogen and oxygen atoms in total. The molecule has 2 heterocycles. The monoisotopic (exact) mass is 333 g/mol. The van der Waals surface area contributed by atoms with Gasteiger partial charge in [0.2, 0.25) is 0 Å². The number of amides is 2. The molecule has 0 bridgehead atoms. The number of urea groups is 1. The summed E-state index contributed by atoms with van der Waals surface area (Å²) < 4.78 is 37.4. The van der Waals surface area contributed by atoms with Crippen LogP contribution in [-0.2, 0) is 6.54 Å². The van der Waals surface area contributed by atoms with Gasteiger partial charge in [0.25, 0.3) is 0 Å². The van der Waals surface area contributed by atoms with Crippen molar-refractivity contribution in [2.45, 2.75) is 39.5 Å². The number of rotatable bonds is 3. The first-order chi connectivity index (χ1) is 10.7. The van der Waals surface area contributed by atoms with E-state index in [0.717, 1.165) is 17.0 Å². The van der Waals surface area contributed by atoms with Crippen molar-refractivity contribution in [1.29, 1.82) is 0 Å². The lowest BCUT2D eigenvalue weighted by molar-refractivity contribution is -0.153. The largest absolute Gasteiger partial charge is 0.401 e. The van der Waals surface area contributed by atoms with Crippen molar-refractivity contribution in [3.05, 3.63) is 17.0 Å². The normalized spacial score (nSPS) is 19.9. The number of aryl methyl sites for hydroxylation is 2. The predicted molar refractivity (Wildman–Crippen MR) is 79.0 cm³/mol. The van der Waals surface area contributed by atoms with Crippen LogP contribution in [0.2, 0.25) is 0 Å². The third-order valence-corrected chi connectivity index (χ3v) is 4.13. The number of aromatic amines is 1. The van der Waals surface area contributed by atoms with Crippen molar-refractivity contribution in [2.24, 2.45) is 0 Å². The Kier molecular flexibility index (Phi) is 5.18. The molecule has 2 amide bonds. The first-order valence-electron chi connectivity index (χ1n) is 7.51. The van der Waals surface area contributed by atoms with Gasteiger partial charge in [-0.05, 0) is 20.8 Å². The number of carbonyl (C=O) groups excluding carboxylic acids is 1. The number of H-pyrrole nitrogens is 1. The lowest BCUT2D eigenvalue weighted by Crippen LogP contribution is -2.57. The average molecular weight is 333 g/mol. The molecule has 0 aromatic carbocycles. The molecule has 2 rings (SSSR count). The number of hydrogen-bond acceptors (Lipinski definition) is 3. The van der Waals surface area contributed by atoms with Gasteiger partial charge >= 0.3 is 12.2 Å². The molecule has 130 valence electrons. The second-order valence-electron chi connectivity index (χ2n) is 5.95. The molecular weight excluding hydrogens is 311 g/mol. The molecule has 1 atom stereocenters. The highest BCUT2D eigenvalue weighted by Crippen LogP contribution is 2.20. The molecule has 1 aromatic heterocycles. The van der Waals surface area contributed by atoms with Crippen LogP contribution in [0.25, 0.3) is 0 Å². The van der Waals surface area contributed by atoms with Crippen LogP contribution in [0.15, 0.2) is 0 Å². The van der Waals surface area contributed by atoms with E-state index >= 15 is 0 Å². The Morgan fingerprint density at radius 1 is 1.39 bits per heavy atom. The molecule has 9 heteroatoms. The topological polar surface area (TPSA) is 64.3 Å². The minimum Gasteiger partial charge on any atom is -0.334 e. The standard InChI is InChI=1S/C14H22F3N5O/c1-9-7-21(4-5-22(9)8-14(15,16)17)13(23)18-6-12-10(2)19-20-11(12)3/h9H,4-8H2,1-3H3,(H,18,23)(H,19,20). The Bertz CT molecular complexity index is 538. The fraction of sp³-hybridized carbons (Fsp3) is 0.714. The Morgan fingerprint density at radius 2 is 2.09 bits per heavy atom. The number of aromatic nitrogens is 2. The SMILES string of the molecule is Cc1n[nH]c(C)c1CNC(=O)N1CCN(CC(F)(F)F)C(C)C1. The first-order valence-corrected chi connectivity index (χ1v) is 7.51. The summed E-state index contributed by atoms with van der Waals surface area (Å²) in [4.78, 5) is 15.1. The average Bonchev–Trinajstić information content (AvgIpc) is 2.76. The van der Waals surface area contributed by atoms with Crippen LogP contribution >= 0.6 is 0 Å². The van der Waals surface area contributed by atoms with Crippen LogP contribution in [0.3, 0.4) is 0 Å². The zero-order valence-corrected chi connectivity index (χ0v) is 13.5. The van der Waals surface area contributed by atoms with E-state index < -0.39 is 12.7 Å². The van der Waals surface area contributed by atoms with Crippen LogP contribution in [0.1, 0.15) is 23.9 Å². The summed E-state index contributed by atoms with van der Waals surface area (Å²) in [5.41, 5.74) is 2.65. The zero-order valence-electron chi connectivity index (χ0n) is 13.5. The van der Waals surface area contributed by atoms with Crippen molar-refractivity contribution in [1.82, 2.24) is 25.3 Å². The van der Waals surface area contributed by atoms with Gasteiger partial charge in [-0.2, -0.15) is 18.3 Å². The minimum absolute atomic E-state index is 0.220. The van der Waals surface area contributed by atoms with Crippen LogP contribution in [0.5, 0.6) is 0 Å². The van der Waals surface area contributed by atoms with Gasteiger partial charge in [-0.3, -0.25) is 10.00 Å². The molecule has 0 saturated carbocycles. The Labute approximate surface area is 133 Å². The second-order valence-corrected chi connectivity index (χ2v) is 5.95. The van der Waals surface area contributed by atoms with E-state index in [4.69, 9.17) is 0 Å². The number of halogens is 3. The second kappa shape index (κ2) is 6.77. The summed E-state index contributed by atoms with van der Waals surface area (Å²) in [6.07, 6.45) is -4.21. The van der Waals surface area contributed by atoms with E-state index in [1.54, 1.807) is 11.8 Å². The highest BCUT2D eigenvalue weighted by molar-refractivity contribution is 5.74. The van der Waals surface area contributed by atoms with E-state index in [1.165, 1.54) is 4.90 Å². The quantitative estimate of drug-likeness (QED) is 0.887. The highest BCUT2D eigenvalue weighted by atomic mass is 19.4. The van der Waals surface area contributed by atoms with E-state index in [1.807, 2.05) is 13.8 Å². The molecule has 1 aliphatic heterocycles. The third-order valence-electron chi connectivity index (χ3n) is 4.13. The fourth-order valence-corrected chi connectivity index (χ4v) is 2.76. The number of alkyl halides is 3. The first kappa shape index (κ1) is 17.6. The highest BCUT2D eigenvalue weighted by Gasteiger charge is 2.35. The minimum atomic E-state index is -4.21. The van der Waals surface area contributed by atoms with Crippen molar-refractivity contribution in [2.75, 3.05) is 26.2 Å². The molecule has 2 N–H and O–H groups in total. The lowest BCUT2D eigenvalue weighted by atomic mass is 10.2. The van der Waals surface area contributed by atoms with Gasteiger partial charge < -0.3 is 10.2 Å². The van der Waals surface area contributed by atoms with E-state index in [2.05, 4.69) is 15.5 Å². The van der Waals surface area contributed by atoms with Crippen molar-refractivity contribution < 1.29 is 18.0 Å². The van der Waals surface area contributed by atoms with E-state index in [-0.39, 0.29) is 31.7 Å². The molecule has 23 heavy (non-hydrogen) atoms. The predicted octanol–water partition coefficient (Wildman–Crippen LogP) is 1.80. The van der Waals surface area contributed by atoms with Crippen LogP contribution < -0.4 is 5.32 Å². The molecule has 0 aliphatic carbocycles. The van der Waals surface area contributed by atoms with Crippen LogP contribution in [-0.4, -0.2) is 64.4 Å². The molecule has 1 fully saturated rings. The Hall–Kier alpha value is -1.77. The summed E-state index contributed by atoms with van der Waals surface area (Å²) in [5.74, 6) is 0. The van der Waals surface area contributed by atoms with Gasteiger partial charge in [0.15, 0.2) is 0 Å². The van der Waals surface area contributed by atoms with E-state index in [9.17, 15) is 18.0 Å².